The van der Waals surface area contributed by atoms with Gasteiger partial charge >= 0.3 is 0 Å². The topological polar surface area (TPSA) is 102 Å². The number of nitrogens with zero attached hydrogens (tertiary/aromatic N) is 4. The highest BCUT2D eigenvalue weighted by Crippen LogP contribution is 2.29. The van der Waals surface area contributed by atoms with Crippen LogP contribution in [-0.2, 0) is 0 Å². The van der Waals surface area contributed by atoms with E-state index < -0.39 is 4.92 Å². The summed E-state index contributed by atoms with van der Waals surface area (Å²) in [5.41, 5.74) is 2.02. The number of pyridine rings is 1. The number of hydrogen-bond acceptors (Lipinski definition) is 6. The van der Waals surface area contributed by atoms with Crippen LogP contribution in [-0.4, -0.2) is 25.2 Å². The number of aromatic nitrogens is 3. The van der Waals surface area contributed by atoms with Crippen LogP contribution in [0.15, 0.2) is 54.9 Å². The number of carbonyl (C=O) groups is 1. The molecule has 3 heterocycles. The molecule has 0 fully saturated rings. The normalized spacial score (nSPS) is 10.9. The predicted octanol–water partition coefficient (Wildman–Crippen LogP) is 3.93. The third-order valence-electron chi connectivity index (χ3n) is 4.02. The van der Waals surface area contributed by atoms with Gasteiger partial charge in [-0.3, -0.25) is 19.3 Å². The molecule has 1 N–H and O–H groups in total. The van der Waals surface area contributed by atoms with Crippen LogP contribution < -0.4 is 5.32 Å². The fourth-order valence-corrected chi connectivity index (χ4v) is 3.69. The van der Waals surface area contributed by atoms with Gasteiger partial charge in [0.1, 0.15) is 10.7 Å². The molecule has 0 bridgehead atoms. The zero-order chi connectivity index (χ0) is 19.0. The lowest BCUT2D eigenvalue weighted by atomic mass is 10.1. The Balaban J connectivity index is 1.67. The average molecular weight is 379 g/mol. The number of amides is 1. The van der Waals surface area contributed by atoms with E-state index in [1.807, 2.05) is 11.3 Å². The van der Waals surface area contributed by atoms with Gasteiger partial charge in [-0.2, -0.15) is 0 Å². The first-order valence-corrected chi connectivity index (χ1v) is 8.80. The second-order valence-corrected chi connectivity index (χ2v) is 6.75. The van der Waals surface area contributed by atoms with Crippen molar-refractivity contribution in [3.05, 3.63) is 75.5 Å². The Bertz CT molecular complexity index is 1170. The quantitative estimate of drug-likeness (QED) is 0.427. The van der Waals surface area contributed by atoms with E-state index in [-0.39, 0.29) is 11.6 Å². The summed E-state index contributed by atoms with van der Waals surface area (Å²) in [7, 11) is 0. The summed E-state index contributed by atoms with van der Waals surface area (Å²) in [6.45, 7) is 1.83. The third kappa shape index (κ3) is 3.15. The maximum Gasteiger partial charge on any atom is 0.270 e. The van der Waals surface area contributed by atoms with E-state index in [0.29, 0.717) is 26.9 Å². The van der Waals surface area contributed by atoms with Crippen LogP contribution in [0.5, 0.6) is 0 Å². The number of nitro benzene ring substituents is 1. The Hall–Kier alpha value is -3.59. The number of nitro groups is 1. The average Bonchev–Trinajstić information content (AvgIpc) is 3.22. The Labute approximate surface area is 157 Å². The second kappa shape index (κ2) is 6.61. The first-order valence-electron chi connectivity index (χ1n) is 7.98. The summed E-state index contributed by atoms with van der Waals surface area (Å²) < 4.78 is 1.81. The van der Waals surface area contributed by atoms with Crippen molar-refractivity contribution in [3.8, 4) is 11.3 Å². The number of rotatable bonds is 4. The lowest BCUT2D eigenvalue weighted by Crippen LogP contribution is -2.12. The van der Waals surface area contributed by atoms with E-state index in [0.717, 1.165) is 5.69 Å². The third-order valence-corrected chi connectivity index (χ3v) is 5.18. The molecule has 0 saturated heterocycles. The molecule has 1 aromatic carbocycles. The highest BCUT2D eigenvalue weighted by atomic mass is 32.1. The first-order chi connectivity index (χ1) is 13.0. The maximum absolute atomic E-state index is 12.5. The number of fused-ring (bicyclic) bond motifs is 1. The number of imidazole rings is 1. The minimum absolute atomic E-state index is 0.0102. The molecular weight excluding hydrogens is 366 g/mol. The molecule has 4 rings (SSSR count). The molecule has 27 heavy (non-hydrogen) atoms. The summed E-state index contributed by atoms with van der Waals surface area (Å²) >= 11 is 1.26. The van der Waals surface area contributed by atoms with Gasteiger partial charge < -0.3 is 5.32 Å². The molecule has 0 aliphatic carbocycles. The zero-order valence-electron chi connectivity index (χ0n) is 14.1. The SMILES string of the molecule is Cc1c(C(=O)Nc2ccccn2)sc2nc(-c3cccc([N+](=O)[O-])c3)cn12. The molecule has 9 heteroatoms. The van der Waals surface area contributed by atoms with Crippen molar-refractivity contribution in [1.82, 2.24) is 14.4 Å². The highest BCUT2D eigenvalue weighted by Gasteiger charge is 2.19. The van der Waals surface area contributed by atoms with Crippen molar-refractivity contribution in [2.75, 3.05) is 5.32 Å². The molecule has 0 aliphatic rings. The number of thiazole rings is 1. The zero-order valence-corrected chi connectivity index (χ0v) is 14.9. The summed E-state index contributed by atoms with van der Waals surface area (Å²) in [6.07, 6.45) is 3.38. The minimum Gasteiger partial charge on any atom is -0.306 e. The molecule has 8 nitrogen and oxygen atoms in total. The molecule has 3 aromatic heterocycles. The fourth-order valence-electron chi connectivity index (χ4n) is 2.69. The van der Waals surface area contributed by atoms with Crippen LogP contribution in [0.1, 0.15) is 15.4 Å². The number of aryl methyl sites for hydroxylation is 1. The van der Waals surface area contributed by atoms with Crippen molar-refractivity contribution in [1.29, 1.82) is 0 Å². The maximum atomic E-state index is 12.5. The molecule has 0 radical (unpaired) electrons. The highest BCUT2D eigenvalue weighted by molar-refractivity contribution is 7.19. The largest absolute Gasteiger partial charge is 0.306 e. The van der Waals surface area contributed by atoms with E-state index in [1.165, 1.54) is 23.5 Å². The van der Waals surface area contributed by atoms with Gasteiger partial charge in [0.15, 0.2) is 4.96 Å². The number of carbonyl (C=O) groups excluding carboxylic acids is 1. The van der Waals surface area contributed by atoms with Crippen molar-refractivity contribution in [2.24, 2.45) is 0 Å². The van der Waals surface area contributed by atoms with Gasteiger partial charge in [0, 0.05) is 35.8 Å². The van der Waals surface area contributed by atoms with Crippen molar-refractivity contribution in [3.63, 3.8) is 0 Å². The Kier molecular flexibility index (Phi) is 4.13. The molecule has 0 saturated carbocycles. The number of benzene rings is 1. The van der Waals surface area contributed by atoms with Crippen LogP contribution >= 0.6 is 11.3 Å². The van der Waals surface area contributed by atoms with E-state index in [1.54, 1.807) is 42.7 Å². The number of nitrogens with one attached hydrogen (secondary N) is 1. The fraction of sp³-hybridized carbons (Fsp3) is 0.0556. The lowest BCUT2D eigenvalue weighted by Gasteiger charge is -2.02. The van der Waals surface area contributed by atoms with Gasteiger partial charge in [0.2, 0.25) is 0 Å². The van der Waals surface area contributed by atoms with E-state index >= 15 is 0 Å². The standard InChI is InChI=1S/C18H13N5O3S/c1-11-16(17(24)21-15-7-2-3-8-19-15)27-18-20-14(10-22(11)18)12-5-4-6-13(9-12)23(25)26/h2-10H,1H3,(H,19,21,24). The lowest BCUT2D eigenvalue weighted by molar-refractivity contribution is -0.384. The molecule has 0 spiro atoms. The van der Waals surface area contributed by atoms with Crippen LogP contribution in [0.4, 0.5) is 11.5 Å². The van der Waals surface area contributed by atoms with Crippen LogP contribution in [0, 0.1) is 17.0 Å². The molecule has 0 aliphatic heterocycles. The molecule has 134 valence electrons. The summed E-state index contributed by atoms with van der Waals surface area (Å²) in [4.78, 5) is 32.8. The monoisotopic (exact) mass is 379 g/mol. The van der Waals surface area contributed by atoms with Gasteiger partial charge in [-0.25, -0.2) is 9.97 Å². The second-order valence-electron chi connectivity index (χ2n) is 5.77. The molecule has 4 aromatic rings. The Morgan fingerprint density at radius 1 is 1.26 bits per heavy atom. The van der Waals surface area contributed by atoms with E-state index in [2.05, 4.69) is 15.3 Å². The van der Waals surface area contributed by atoms with E-state index in [9.17, 15) is 14.9 Å². The predicted molar refractivity (Wildman–Crippen MR) is 102 cm³/mol. The van der Waals surface area contributed by atoms with Crippen LogP contribution in [0.3, 0.4) is 0 Å². The van der Waals surface area contributed by atoms with Crippen molar-refractivity contribution >= 4 is 33.7 Å². The number of non-ortho nitro benzene ring substituents is 1. The summed E-state index contributed by atoms with van der Waals surface area (Å²) in [5.74, 6) is 0.226. The van der Waals surface area contributed by atoms with Gasteiger partial charge in [0.05, 0.1) is 10.6 Å². The minimum atomic E-state index is -0.437. The van der Waals surface area contributed by atoms with Gasteiger partial charge in [0.25, 0.3) is 11.6 Å². The smallest absolute Gasteiger partial charge is 0.270 e. The Morgan fingerprint density at radius 2 is 2.11 bits per heavy atom. The number of anilines is 1. The van der Waals surface area contributed by atoms with Crippen molar-refractivity contribution in [2.45, 2.75) is 6.92 Å². The molecule has 0 atom stereocenters. The number of hydrogen-bond donors (Lipinski definition) is 1. The van der Waals surface area contributed by atoms with Crippen LogP contribution in [0.2, 0.25) is 0 Å². The van der Waals surface area contributed by atoms with Gasteiger partial charge in [-0.15, -0.1) is 0 Å². The molecule has 1 amide bonds. The molecule has 0 unspecified atom stereocenters. The van der Waals surface area contributed by atoms with E-state index in [4.69, 9.17) is 0 Å². The molecular formula is C18H13N5O3S. The Morgan fingerprint density at radius 3 is 2.81 bits per heavy atom. The van der Waals surface area contributed by atoms with Crippen LogP contribution in [0.25, 0.3) is 16.2 Å². The summed E-state index contributed by atoms with van der Waals surface area (Å²) in [5, 5.41) is 13.7. The first kappa shape index (κ1) is 16.9. The summed E-state index contributed by atoms with van der Waals surface area (Å²) in [6, 6.07) is 11.6. The van der Waals surface area contributed by atoms with Crippen molar-refractivity contribution < 1.29 is 9.72 Å². The van der Waals surface area contributed by atoms with Gasteiger partial charge in [-0.1, -0.05) is 29.5 Å². The van der Waals surface area contributed by atoms with Gasteiger partial charge in [-0.05, 0) is 19.1 Å².